The molecule has 1 saturated heterocycles. The van der Waals surface area contributed by atoms with Gasteiger partial charge < -0.3 is 9.64 Å². The molecule has 1 aliphatic rings. The van der Waals surface area contributed by atoms with Crippen molar-refractivity contribution in [1.82, 2.24) is 4.90 Å². The molecule has 0 aromatic heterocycles. The van der Waals surface area contributed by atoms with Gasteiger partial charge in [-0.15, -0.1) is 11.8 Å². The van der Waals surface area contributed by atoms with E-state index in [9.17, 15) is 9.59 Å². The summed E-state index contributed by atoms with van der Waals surface area (Å²) in [5, 5.41) is 0.0273. The molecule has 1 heterocycles. The maximum Gasteiger partial charge on any atom is 0.330 e. The average Bonchev–Trinajstić information content (AvgIpc) is 2.97. The highest BCUT2D eigenvalue weighted by Crippen LogP contribution is 2.34. The molecule has 2 rings (SSSR count). The molecule has 26 heavy (non-hydrogen) atoms. The molecule has 1 amide bonds. The summed E-state index contributed by atoms with van der Waals surface area (Å²) in [6.07, 6.45) is 1.67. The molecule has 0 unspecified atom stereocenters. The van der Waals surface area contributed by atoms with Gasteiger partial charge in [0.2, 0.25) is 0 Å². The van der Waals surface area contributed by atoms with Crippen molar-refractivity contribution in [2.24, 2.45) is 0 Å². The predicted molar refractivity (Wildman–Crippen MR) is 107 cm³/mol. The number of nitrogens with zero attached hydrogens (tertiary/aromatic N) is 1. The number of thioether (sulfide) groups is 1. The summed E-state index contributed by atoms with van der Waals surface area (Å²) in [5.74, 6) is 0.215. The van der Waals surface area contributed by atoms with Crippen LogP contribution in [0.3, 0.4) is 0 Å². The molecule has 0 N–H and O–H groups in total. The van der Waals surface area contributed by atoms with Crippen LogP contribution in [0.15, 0.2) is 24.3 Å². The van der Waals surface area contributed by atoms with E-state index in [4.69, 9.17) is 4.74 Å². The minimum absolute atomic E-state index is 0.0273. The van der Waals surface area contributed by atoms with Gasteiger partial charge in [-0.25, -0.2) is 4.79 Å². The van der Waals surface area contributed by atoms with E-state index in [0.29, 0.717) is 11.3 Å². The lowest BCUT2D eigenvalue weighted by atomic mass is 9.86. The van der Waals surface area contributed by atoms with Crippen molar-refractivity contribution < 1.29 is 14.3 Å². The molecule has 1 fully saturated rings. The number of hydrogen-bond acceptors (Lipinski definition) is 4. The Morgan fingerprint density at radius 2 is 1.85 bits per heavy atom. The van der Waals surface area contributed by atoms with E-state index in [1.54, 1.807) is 16.7 Å². The highest BCUT2D eigenvalue weighted by molar-refractivity contribution is 8.00. The van der Waals surface area contributed by atoms with E-state index in [2.05, 4.69) is 27.7 Å². The fourth-order valence-electron chi connectivity index (χ4n) is 3.06. The Morgan fingerprint density at radius 1 is 1.23 bits per heavy atom. The molecule has 4 nitrogen and oxygen atoms in total. The van der Waals surface area contributed by atoms with Crippen LogP contribution < -0.4 is 0 Å². The lowest BCUT2D eigenvalue weighted by Crippen LogP contribution is -2.46. The molecular weight excluding hydrogens is 346 g/mol. The number of amides is 1. The van der Waals surface area contributed by atoms with Crippen LogP contribution in [0.1, 0.15) is 70.3 Å². The highest BCUT2D eigenvalue weighted by atomic mass is 32.2. The molecule has 0 spiro atoms. The van der Waals surface area contributed by atoms with E-state index in [1.165, 1.54) is 5.56 Å². The highest BCUT2D eigenvalue weighted by Gasteiger charge is 2.42. The molecule has 1 aromatic carbocycles. The van der Waals surface area contributed by atoms with Crippen LogP contribution in [0.4, 0.5) is 0 Å². The maximum absolute atomic E-state index is 13.2. The van der Waals surface area contributed by atoms with Crippen molar-refractivity contribution in [2.45, 2.75) is 77.3 Å². The Morgan fingerprint density at radius 3 is 2.35 bits per heavy atom. The van der Waals surface area contributed by atoms with E-state index in [0.717, 1.165) is 12.8 Å². The van der Waals surface area contributed by atoms with Crippen LogP contribution in [0.5, 0.6) is 0 Å². The number of rotatable bonds is 5. The second-order valence-electron chi connectivity index (χ2n) is 8.12. The van der Waals surface area contributed by atoms with E-state index >= 15 is 0 Å². The minimum atomic E-state index is -0.506. The third-order valence-corrected chi connectivity index (χ3v) is 5.84. The Hall–Kier alpha value is -1.49. The van der Waals surface area contributed by atoms with Crippen LogP contribution >= 0.6 is 11.8 Å². The number of benzene rings is 1. The molecule has 5 heteroatoms. The second kappa shape index (κ2) is 8.47. The molecule has 144 valence electrons. The van der Waals surface area contributed by atoms with Gasteiger partial charge in [-0.1, -0.05) is 46.2 Å². The van der Waals surface area contributed by atoms with E-state index < -0.39 is 6.04 Å². The Bertz CT molecular complexity index is 634. The van der Waals surface area contributed by atoms with Crippen molar-refractivity contribution in [3.05, 3.63) is 35.4 Å². The van der Waals surface area contributed by atoms with Gasteiger partial charge in [-0.3, -0.25) is 4.79 Å². The lowest BCUT2D eigenvalue weighted by Gasteiger charge is -2.29. The molecule has 0 bridgehead atoms. The SMILES string of the molecule is CCC[C@@H]1SC[C@H](C(=O)OC(C)C)N1C(=O)c1ccc(C(C)(C)C)cc1. The first-order valence-electron chi connectivity index (χ1n) is 9.40. The number of esters is 1. The summed E-state index contributed by atoms with van der Waals surface area (Å²) in [7, 11) is 0. The Kier molecular flexibility index (Phi) is 6.78. The van der Waals surface area contributed by atoms with Crippen molar-refractivity contribution in [1.29, 1.82) is 0 Å². The summed E-state index contributed by atoms with van der Waals surface area (Å²) < 4.78 is 5.39. The lowest BCUT2D eigenvalue weighted by molar-refractivity contribution is -0.151. The zero-order chi connectivity index (χ0) is 19.5. The monoisotopic (exact) mass is 377 g/mol. The standard InChI is InChI=1S/C21H31NO3S/c1-7-8-18-22(17(13-26-18)20(24)25-14(2)3)19(23)15-9-11-16(12-10-15)21(4,5)6/h9-12,14,17-18H,7-8,13H2,1-6H3/t17-,18+/m1/s1. The van der Waals surface area contributed by atoms with Crippen molar-refractivity contribution in [2.75, 3.05) is 5.75 Å². The number of carbonyl (C=O) groups is 2. The average molecular weight is 378 g/mol. The van der Waals surface area contributed by atoms with Crippen molar-refractivity contribution in [3.63, 3.8) is 0 Å². The summed E-state index contributed by atoms with van der Waals surface area (Å²) >= 11 is 1.67. The fraction of sp³-hybridized carbons (Fsp3) is 0.619. The maximum atomic E-state index is 13.2. The van der Waals surface area contributed by atoms with Crippen LogP contribution in [0, 0.1) is 0 Å². The molecule has 0 radical (unpaired) electrons. The fourth-order valence-corrected chi connectivity index (χ4v) is 4.57. The van der Waals surface area contributed by atoms with Crippen molar-refractivity contribution in [3.8, 4) is 0 Å². The van der Waals surface area contributed by atoms with Crippen LogP contribution in [0.2, 0.25) is 0 Å². The molecule has 0 aliphatic carbocycles. The Labute approximate surface area is 161 Å². The number of carbonyl (C=O) groups excluding carboxylic acids is 2. The van der Waals surface area contributed by atoms with Gasteiger partial charge in [0.05, 0.1) is 11.5 Å². The number of hydrogen-bond donors (Lipinski definition) is 0. The van der Waals surface area contributed by atoms with Gasteiger partial charge in [-0.05, 0) is 43.4 Å². The smallest absolute Gasteiger partial charge is 0.330 e. The first kappa shape index (κ1) is 20.8. The Balaban J connectivity index is 2.26. The van der Waals surface area contributed by atoms with Crippen molar-refractivity contribution >= 4 is 23.6 Å². The summed E-state index contributed by atoms with van der Waals surface area (Å²) in [5.41, 5.74) is 1.86. The van der Waals surface area contributed by atoms with Crippen LogP contribution in [0.25, 0.3) is 0 Å². The molecule has 0 saturated carbocycles. The first-order chi connectivity index (χ1) is 12.1. The molecule has 2 atom stereocenters. The zero-order valence-electron chi connectivity index (χ0n) is 16.7. The van der Waals surface area contributed by atoms with Gasteiger partial charge in [0, 0.05) is 11.3 Å². The predicted octanol–water partition coefficient (Wildman–Crippen LogP) is 4.62. The summed E-state index contributed by atoms with van der Waals surface area (Å²) in [6.45, 7) is 12.2. The van der Waals surface area contributed by atoms with Gasteiger partial charge >= 0.3 is 5.97 Å². The van der Waals surface area contributed by atoms with Crippen LogP contribution in [-0.2, 0) is 14.9 Å². The van der Waals surface area contributed by atoms with Gasteiger partial charge in [0.15, 0.2) is 0 Å². The quantitative estimate of drug-likeness (QED) is 0.703. The number of ether oxygens (including phenoxy) is 1. The third-order valence-electron chi connectivity index (χ3n) is 4.48. The molecule has 1 aromatic rings. The minimum Gasteiger partial charge on any atom is -0.461 e. The normalized spacial score (nSPS) is 20.5. The molecule has 1 aliphatic heterocycles. The summed E-state index contributed by atoms with van der Waals surface area (Å²) in [6, 6.07) is 7.26. The zero-order valence-corrected chi connectivity index (χ0v) is 17.6. The van der Waals surface area contributed by atoms with Gasteiger partial charge in [0.1, 0.15) is 6.04 Å². The van der Waals surface area contributed by atoms with E-state index in [-0.39, 0.29) is 28.8 Å². The second-order valence-corrected chi connectivity index (χ2v) is 9.33. The van der Waals surface area contributed by atoms with Crippen LogP contribution in [-0.4, -0.2) is 40.0 Å². The van der Waals surface area contributed by atoms with E-state index in [1.807, 2.05) is 38.1 Å². The van der Waals surface area contributed by atoms with Gasteiger partial charge in [0.25, 0.3) is 5.91 Å². The first-order valence-corrected chi connectivity index (χ1v) is 10.4. The van der Waals surface area contributed by atoms with Gasteiger partial charge in [-0.2, -0.15) is 0 Å². The largest absolute Gasteiger partial charge is 0.461 e. The summed E-state index contributed by atoms with van der Waals surface area (Å²) in [4.78, 5) is 27.4. The topological polar surface area (TPSA) is 46.6 Å². The third kappa shape index (κ3) is 4.81. The molecular formula is C21H31NO3S.